The molecule has 0 aromatic rings. The fraction of sp³-hybridized carbons (Fsp3) is 0.917. The van der Waals surface area contributed by atoms with Gasteiger partial charge in [0, 0.05) is 12.8 Å². The second-order valence-corrected chi connectivity index (χ2v) is 8.91. The SMILES string of the molecule is CCCCCCCCCCCC(=S)OC(=S)CCCCCCCCCCC. The van der Waals surface area contributed by atoms with Gasteiger partial charge in [0.1, 0.15) is 0 Å². The molecule has 27 heavy (non-hydrogen) atoms. The third-order valence-electron chi connectivity index (χ3n) is 5.20. The van der Waals surface area contributed by atoms with Gasteiger partial charge in [-0.05, 0) is 37.3 Å². The Hall–Kier alpha value is -0.0200. The molecule has 0 atom stereocenters. The highest BCUT2D eigenvalue weighted by Crippen LogP contribution is 2.13. The van der Waals surface area contributed by atoms with Gasteiger partial charge in [-0.15, -0.1) is 0 Å². The van der Waals surface area contributed by atoms with E-state index in [1.807, 2.05) is 0 Å². The van der Waals surface area contributed by atoms with Crippen molar-refractivity contribution in [3.05, 3.63) is 0 Å². The summed E-state index contributed by atoms with van der Waals surface area (Å²) >= 11 is 10.7. The van der Waals surface area contributed by atoms with Crippen molar-refractivity contribution in [2.45, 2.75) is 142 Å². The van der Waals surface area contributed by atoms with Crippen LogP contribution in [-0.2, 0) is 4.74 Å². The molecular formula is C24H46OS2. The number of thiocarbonyl (C=S) groups is 2. The molecule has 0 N–H and O–H groups in total. The van der Waals surface area contributed by atoms with Gasteiger partial charge in [-0.2, -0.15) is 0 Å². The van der Waals surface area contributed by atoms with E-state index in [2.05, 4.69) is 13.8 Å². The summed E-state index contributed by atoms with van der Waals surface area (Å²) in [4.78, 5) is 0. The first-order valence-corrected chi connectivity index (χ1v) is 12.8. The fourth-order valence-electron chi connectivity index (χ4n) is 3.39. The van der Waals surface area contributed by atoms with Crippen molar-refractivity contribution >= 4 is 34.5 Å². The van der Waals surface area contributed by atoms with E-state index in [1.54, 1.807) is 0 Å². The van der Waals surface area contributed by atoms with Crippen molar-refractivity contribution in [3.8, 4) is 0 Å². The average molecular weight is 415 g/mol. The second kappa shape index (κ2) is 22.3. The predicted molar refractivity (Wildman–Crippen MR) is 130 cm³/mol. The van der Waals surface area contributed by atoms with Crippen molar-refractivity contribution in [2.75, 3.05) is 0 Å². The Morgan fingerprint density at radius 2 is 0.704 bits per heavy atom. The van der Waals surface area contributed by atoms with E-state index in [4.69, 9.17) is 29.2 Å². The normalized spacial score (nSPS) is 10.9. The molecule has 0 amide bonds. The molecule has 3 heteroatoms. The van der Waals surface area contributed by atoms with Crippen LogP contribution in [0.1, 0.15) is 142 Å². The molecule has 0 unspecified atom stereocenters. The largest absolute Gasteiger partial charge is 0.443 e. The van der Waals surface area contributed by atoms with Gasteiger partial charge in [-0.25, -0.2) is 0 Å². The van der Waals surface area contributed by atoms with Crippen LogP contribution < -0.4 is 0 Å². The molecule has 0 aromatic carbocycles. The lowest BCUT2D eigenvalue weighted by Crippen LogP contribution is -2.08. The van der Waals surface area contributed by atoms with Crippen LogP contribution in [0.15, 0.2) is 0 Å². The molecule has 0 bridgehead atoms. The van der Waals surface area contributed by atoms with Crippen LogP contribution in [0, 0.1) is 0 Å². The first-order valence-electron chi connectivity index (χ1n) is 11.9. The molecule has 0 aromatic heterocycles. The lowest BCUT2D eigenvalue weighted by atomic mass is 10.1. The quantitative estimate of drug-likeness (QED) is 0.145. The van der Waals surface area contributed by atoms with Crippen molar-refractivity contribution in [1.29, 1.82) is 0 Å². The minimum Gasteiger partial charge on any atom is -0.443 e. The van der Waals surface area contributed by atoms with Crippen molar-refractivity contribution in [1.82, 2.24) is 0 Å². The Morgan fingerprint density at radius 3 is 1.00 bits per heavy atom. The maximum Gasteiger partial charge on any atom is 0.168 e. The zero-order valence-electron chi connectivity index (χ0n) is 18.4. The van der Waals surface area contributed by atoms with Crippen molar-refractivity contribution in [3.63, 3.8) is 0 Å². The van der Waals surface area contributed by atoms with Gasteiger partial charge in [0.15, 0.2) is 10.1 Å². The summed E-state index contributed by atoms with van der Waals surface area (Å²) in [6.07, 6.45) is 25.9. The summed E-state index contributed by atoms with van der Waals surface area (Å²) in [6.45, 7) is 4.54. The van der Waals surface area contributed by atoms with E-state index in [0.717, 1.165) is 25.7 Å². The van der Waals surface area contributed by atoms with Gasteiger partial charge in [0.2, 0.25) is 0 Å². The smallest absolute Gasteiger partial charge is 0.168 e. The van der Waals surface area contributed by atoms with E-state index in [0.29, 0.717) is 10.1 Å². The first-order chi connectivity index (χ1) is 13.2. The average Bonchev–Trinajstić information content (AvgIpc) is 2.65. The maximum atomic E-state index is 5.66. The molecule has 0 fully saturated rings. The molecule has 0 aliphatic carbocycles. The molecular weight excluding hydrogens is 368 g/mol. The lowest BCUT2D eigenvalue weighted by Gasteiger charge is -2.08. The summed E-state index contributed by atoms with van der Waals surface area (Å²) in [6, 6.07) is 0. The van der Waals surface area contributed by atoms with Crippen LogP contribution in [0.3, 0.4) is 0 Å². The monoisotopic (exact) mass is 414 g/mol. The third-order valence-corrected chi connectivity index (χ3v) is 5.77. The molecule has 0 radical (unpaired) electrons. The fourth-order valence-corrected chi connectivity index (χ4v) is 3.93. The minimum atomic E-state index is 0.707. The molecule has 0 spiro atoms. The highest BCUT2D eigenvalue weighted by atomic mass is 32.1. The van der Waals surface area contributed by atoms with E-state index < -0.39 is 0 Å². The van der Waals surface area contributed by atoms with Crippen LogP contribution in [0.25, 0.3) is 0 Å². The maximum absolute atomic E-state index is 5.66. The minimum absolute atomic E-state index is 0.707. The molecule has 0 heterocycles. The van der Waals surface area contributed by atoms with Gasteiger partial charge in [0.25, 0.3) is 0 Å². The Balaban J connectivity index is 3.33. The van der Waals surface area contributed by atoms with Crippen LogP contribution in [0.4, 0.5) is 0 Å². The molecule has 1 nitrogen and oxygen atoms in total. The topological polar surface area (TPSA) is 9.23 Å². The zero-order chi connectivity index (χ0) is 20.0. The standard InChI is InChI=1S/C24H46OS2/c1-3-5-7-9-11-13-15-17-19-21-23(26)25-24(27)22-20-18-16-14-12-10-8-6-4-2/h3-22H2,1-2H3. The Morgan fingerprint density at radius 1 is 0.444 bits per heavy atom. The molecule has 0 rings (SSSR count). The predicted octanol–water partition coefficient (Wildman–Crippen LogP) is 9.50. The Labute approximate surface area is 181 Å². The summed E-state index contributed by atoms with van der Waals surface area (Å²) in [5.41, 5.74) is 0. The van der Waals surface area contributed by atoms with Crippen LogP contribution in [-0.4, -0.2) is 10.1 Å². The summed E-state index contributed by atoms with van der Waals surface area (Å²) < 4.78 is 5.66. The van der Waals surface area contributed by atoms with Crippen molar-refractivity contribution in [2.24, 2.45) is 0 Å². The number of hydrogen-bond acceptors (Lipinski definition) is 3. The van der Waals surface area contributed by atoms with E-state index in [-0.39, 0.29) is 0 Å². The van der Waals surface area contributed by atoms with Gasteiger partial charge in [0.05, 0.1) is 0 Å². The van der Waals surface area contributed by atoms with Gasteiger partial charge < -0.3 is 4.74 Å². The van der Waals surface area contributed by atoms with Gasteiger partial charge >= 0.3 is 0 Å². The molecule has 0 saturated heterocycles. The van der Waals surface area contributed by atoms with E-state index in [1.165, 1.54) is 103 Å². The van der Waals surface area contributed by atoms with E-state index in [9.17, 15) is 0 Å². The first kappa shape index (κ1) is 27.0. The number of rotatable bonds is 20. The number of hydrogen-bond donors (Lipinski definition) is 0. The zero-order valence-corrected chi connectivity index (χ0v) is 20.0. The molecule has 0 aliphatic rings. The third kappa shape index (κ3) is 22.1. The highest BCUT2D eigenvalue weighted by molar-refractivity contribution is 7.81. The van der Waals surface area contributed by atoms with Gasteiger partial charge in [-0.3, -0.25) is 0 Å². The lowest BCUT2D eigenvalue weighted by molar-refractivity contribution is 0.511. The summed E-state index contributed by atoms with van der Waals surface area (Å²) in [7, 11) is 0. The van der Waals surface area contributed by atoms with E-state index >= 15 is 0 Å². The van der Waals surface area contributed by atoms with Crippen LogP contribution in [0.5, 0.6) is 0 Å². The van der Waals surface area contributed by atoms with Gasteiger partial charge in [-0.1, -0.05) is 117 Å². The van der Waals surface area contributed by atoms with Crippen LogP contribution in [0.2, 0.25) is 0 Å². The summed E-state index contributed by atoms with van der Waals surface area (Å²) in [5.74, 6) is 0. The van der Waals surface area contributed by atoms with Crippen LogP contribution >= 0.6 is 24.4 Å². The summed E-state index contributed by atoms with van der Waals surface area (Å²) in [5, 5.41) is 1.41. The molecule has 0 saturated carbocycles. The second-order valence-electron chi connectivity index (χ2n) is 8.00. The molecule has 160 valence electrons. The Kier molecular flexibility index (Phi) is 22.3. The number of unbranched alkanes of at least 4 members (excludes halogenated alkanes) is 16. The van der Waals surface area contributed by atoms with Crippen molar-refractivity contribution < 1.29 is 4.74 Å². The highest BCUT2D eigenvalue weighted by Gasteiger charge is 2.04. The number of ether oxygens (including phenoxy) is 1. The molecule has 0 aliphatic heterocycles. The Bertz CT molecular complexity index is 309.